The van der Waals surface area contributed by atoms with Gasteiger partial charge in [-0.2, -0.15) is 0 Å². The first-order valence-corrected chi connectivity index (χ1v) is 4.30. The number of carbonyl (C=O) groups excluding carboxylic acids is 3. The van der Waals surface area contributed by atoms with Crippen molar-refractivity contribution in [3.63, 3.8) is 0 Å². The summed E-state index contributed by atoms with van der Waals surface area (Å²) in [5, 5.41) is 3.12. The first-order valence-electron chi connectivity index (χ1n) is 4.30. The molecule has 1 aromatic heterocycles. The molecule has 0 radical (unpaired) electrons. The highest BCUT2D eigenvalue weighted by Gasteiger charge is 2.03. The summed E-state index contributed by atoms with van der Waals surface area (Å²) in [6.45, 7) is 0. The van der Waals surface area contributed by atoms with Gasteiger partial charge in [0.2, 0.25) is 0 Å². The van der Waals surface area contributed by atoms with Gasteiger partial charge in [0, 0.05) is 0 Å². The van der Waals surface area contributed by atoms with Gasteiger partial charge in [-0.3, -0.25) is 25.6 Å². The van der Waals surface area contributed by atoms with E-state index in [9.17, 15) is 28.8 Å². The van der Waals surface area contributed by atoms with E-state index in [-0.39, 0.29) is 0 Å². The number of imide groups is 2. The average molecular weight is 275 g/mol. The van der Waals surface area contributed by atoms with Gasteiger partial charge >= 0.3 is 35.2 Å². The fraction of sp³-hybridized carbons (Fsp3) is 0. The van der Waals surface area contributed by atoms with E-state index in [0.29, 0.717) is 0 Å². The summed E-state index contributed by atoms with van der Waals surface area (Å²) in [5.41, 5.74) is 6.61. The molecule has 0 fully saturated rings. The smallest absolute Gasteiger partial charge is 0.330 e. The lowest BCUT2D eigenvalue weighted by molar-refractivity contribution is 0.227. The minimum atomic E-state index is -1.06. The molecule has 19 heavy (non-hydrogen) atoms. The van der Waals surface area contributed by atoms with Crippen molar-refractivity contribution in [2.75, 3.05) is 0 Å². The fourth-order valence-corrected chi connectivity index (χ4v) is 0.658. The molecule has 1 aromatic rings. The van der Waals surface area contributed by atoms with Crippen LogP contribution in [0.2, 0.25) is 0 Å². The van der Waals surface area contributed by atoms with Crippen LogP contribution in [0, 0.1) is 0 Å². The second kappa shape index (κ2) is 7.05. The third-order valence-electron chi connectivity index (χ3n) is 1.15. The number of rotatable bonds is 0. The molecular weight excluding hydrogens is 266 g/mol. The van der Waals surface area contributed by atoms with Gasteiger partial charge in [0.25, 0.3) is 0 Å². The van der Waals surface area contributed by atoms with E-state index in [2.05, 4.69) is 11.5 Å². The Labute approximate surface area is 102 Å². The summed E-state index contributed by atoms with van der Waals surface area (Å²) in [4.78, 5) is 65.9. The molecule has 104 valence electrons. The Morgan fingerprint density at radius 2 is 1.00 bits per heavy atom. The van der Waals surface area contributed by atoms with Crippen LogP contribution in [0.1, 0.15) is 0 Å². The Morgan fingerprint density at radius 3 is 1.21 bits per heavy atom. The van der Waals surface area contributed by atoms with Crippen LogP contribution < -0.4 is 39.2 Å². The molecule has 0 bridgehead atoms. The molecule has 9 N–H and O–H groups in total. The van der Waals surface area contributed by atoms with Crippen molar-refractivity contribution in [2.45, 2.75) is 0 Å². The highest BCUT2D eigenvalue weighted by atomic mass is 16.2. The lowest BCUT2D eigenvalue weighted by Crippen LogP contribution is -2.46. The van der Waals surface area contributed by atoms with Gasteiger partial charge < -0.3 is 11.5 Å². The number of hydrogen-bond donors (Lipinski definition) is 7. The number of primary amides is 2. The molecular formula is C6H9N7O6. The molecule has 0 aliphatic rings. The molecule has 1 rings (SSSR count). The molecule has 0 unspecified atom stereocenters. The Bertz CT molecular complexity index is 542. The third-order valence-corrected chi connectivity index (χ3v) is 1.15. The van der Waals surface area contributed by atoms with Gasteiger partial charge in [-0.25, -0.2) is 28.8 Å². The summed E-state index contributed by atoms with van der Waals surface area (Å²) in [5.74, 6) is 0. The van der Waals surface area contributed by atoms with E-state index in [4.69, 9.17) is 0 Å². The summed E-state index contributed by atoms with van der Waals surface area (Å²) in [6.07, 6.45) is 0. The second-order valence-electron chi connectivity index (χ2n) is 2.67. The number of amides is 6. The number of nitrogens with one attached hydrogen (secondary N) is 5. The molecule has 1 heterocycles. The van der Waals surface area contributed by atoms with Crippen molar-refractivity contribution in [1.82, 2.24) is 25.6 Å². The van der Waals surface area contributed by atoms with Crippen LogP contribution in [0.25, 0.3) is 0 Å². The van der Waals surface area contributed by atoms with Crippen LogP contribution in [-0.4, -0.2) is 33.0 Å². The van der Waals surface area contributed by atoms with Crippen LogP contribution in [0.3, 0.4) is 0 Å². The molecule has 0 aromatic carbocycles. The van der Waals surface area contributed by atoms with Gasteiger partial charge in [-0.1, -0.05) is 0 Å². The Hall–Kier alpha value is -3.38. The minimum absolute atomic E-state index is 0.802. The maximum absolute atomic E-state index is 10.2. The lowest BCUT2D eigenvalue weighted by Gasteiger charge is -1.97. The van der Waals surface area contributed by atoms with E-state index in [1.54, 1.807) is 25.6 Å². The fourth-order valence-electron chi connectivity index (χ4n) is 0.658. The van der Waals surface area contributed by atoms with Crippen molar-refractivity contribution in [3.05, 3.63) is 31.5 Å². The Kier molecular flexibility index (Phi) is 5.79. The first-order chi connectivity index (χ1) is 8.70. The Balaban J connectivity index is 0.000000342. The number of aromatic amines is 3. The minimum Gasteiger partial charge on any atom is -0.351 e. The predicted molar refractivity (Wildman–Crippen MR) is 59.1 cm³/mol. The number of aromatic nitrogens is 3. The zero-order valence-electron chi connectivity index (χ0n) is 9.10. The van der Waals surface area contributed by atoms with Crippen molar-refractivity contribution in [2.24, 2.45) is 11.5 Å². The molecule has 0 aliphatic heterocycles. The SMILES string of the molecule is NC(=O)NC(=O)NC(N)=O.O=c1[nH]c(=O)[nH]c(=O)[nH]1. The van der Waals surface area contributed by atoms with E-state index in [1.165, 1.54) is 0 Å². The number of urea groups is 3. The molecule has 0 aliphatic carbocycles. The molecule has 13 heteroatoms. The second-order valence-corrected chi connectivity index (χ2v) is 2.67. The van der Waals surface area contributed by atoms with E-state index in [0.717, 1.165) is 0 Å². The zero-order valence-corrected chi connectivity index (χ0v) is 9.10. The molecule has 0 saturated carbocycles. The predicted octanol–water partition coefficient (Wildman–Crippen LogP) is -3.81. The molecule has 0 saturated heterocycles. The standard InChI is InChI=1S/C3H6N4O3.C3H3N3O3/c4-1(8)6-3(10)7-2(5)9;7-1-4-2(8)6-3(9)5-1/h(H6,4,5,6,7,8,9,10);(H3,4,5,6,7,8,9). The zero-order chi connectivity index (χ0) is 15.0. The summed E-state index contributed by atoms with van der Waals surface area (Å²) in [6, 6.07) is -3.16. The normalized spacial score (nSPS) is 8.63. The topological polar surface area (TPSA) is 226 Å². The van der Waals surface area contributed by atoms with Gasteiger partial charge in [0.15, 0.2) is 0 Å². The molecule has 6 amide bonds. The van der Waals surface area contributed by atoms with Crippen molar-refractivity contribution >= 4 is 18.1 Å². The maximum atomic E-state index is 10.2. The third kappa shape index (κ3) is 8.43. The molecule has 0 spiro atoms. The van der Waals surface area contributed by atoms with Crippen molar-refractivity contribution in [3.8, 4) is 0 Å². The molecule has 13 nitrogen and oxygen atoms in total. The van der Waals surface area contributed by atoms with Crippen LogP contribution >= 0.6 is 0 Å². The van der Waals surface area contributed by atoms with Gasteiger partial charge in [0.05, 0.1) is 0 Å². The lowest BCUT2D eigenvalue weighted by atomic mass is 10.8. The average Bonchev–Trinajstić information content (AvgIpc) is 2.12. The van der Waals surface area contributed by atoms with Crippen molar-refractivity contribution < 1.29 is 14.4 Å². The van der Waals surface area contributed by atoms with Gasteiger partial charge in [0.1, 0.15) is 0 Å². The van der Waals surface area contributed by atoms with Crippen LogP contribution in [0.4, 0.5) is 14.4 Å². The quantitative estimate of drug-likeness (QED) is 0.251. The largest absolute Gasteiger partial charge is 0.351 e. The van der Waals surface area contributed by atoms with Crippen LogP contribution in [0.5, 0.6) is 0 Å². The highest BCUT2D eigenvalue weighted by Crippen LogP contribution is 1.62. The van der Waals surface area contributed by atoms with Crippen molar-refractivity contribution in [1.29, 1.82) is 0 Å². The van der Waals surface area contributed by atoms with E-state index >= 15 is 0 Å². The summed E-state index contributed by atoms with van der Waals surface area (Å²) >= 11 is 0. The highest BCUT2D eigenvalue weighted by molar-refractivity contribution is 6.00. The maximum Gasteiger partial charge on any atom is 0.330 e. The number of carbonyl (C=O) groups is 3. The number of H-pyrrole nitrogens is 3. The van der Waals surface area contributed by atoms with Crippen LogP contribution in [0.15, 0.2) is 14.4 Å². The molecule has 0 atom stereocenters. The monoisotopic (exact) mass is 275 g/mol. The number of nitrogens with two attached hydrogens (primary N) is 2. The van der Waals surface area contributed by atoms with Gasteiger partial charge in [-0.15, -0.1) is 0 Å². The van der Waals surface area contributed by atoms with E-state index < -0.39 is 35.2 Å². The van der Waals surface area contributed by atoms with Gasteiger partial charge in [-0.05, 0) is 0 Å². The van der Waals surface area contributed by atoms with E-state index in [1.807, 2.05) is 0 Å². The summed E-state index contributed by atoms with van der Waals surface area (Å²) in [7, 11) is 0. The summed E-state index contributed by atoms with van der Waals surface area (Å²) < 4.78 is 0. The van der Waals surface area contributed by atoms with Crippen LogP contribution in [-0.2, 0) is 0 Å². The number of hydrogen-bond acceptors (Lipinski definition) is 6. The Morgan fingerprint density at radius 1 is 0.737 bits per heavy atom. The first kappa shape index (κ1) is 15.6.